The number of nitrogens with two attached hydrogens (primary N) is 1. The van der Waals surface area contributed by atoms with Gasteiger partial charge in [-0.3, -0.25) is 10.6 Å². The van der Waals surface area contributed by atoms with Gasteiger partial charge in [-0.2, -0.15) is 0 Å². The van der Waals surface area contributed by atoms with Crippen molar-refractivity contribution in [3.63, 3.8) is 0 Å². The molecule has 6 nitrogen and oxygen atoms in total. The minimum absolute atomic E-state index is 0.129. The van der Waals surface area contributed by atoms with E-state index < -0.39 is 0 Å². The molecule has 112 valence electrons. The Kier molecular flexibility index (Phi) is 5.88. The summed E-state index contributed by atoms with van der Waals surface area (Å²) in [5.41, 5.74) is 3.29. The lowest BCUT2D eigenvalue weighted by molar-refractivity contribution is 0.0718. The summed E-state index contributed by atoms with van der Waals surface area (Å²) in [6, 6.07) is 0.200. The Hall–Kier alpha value is -1.69. The van der Waals surface area contributed by atoms with Crippen LogP contribution in [-0.2, 0) is 0 Å². The van der Waals surface area contributed by atoms with Crippen LogP contribution in [0.2, 0.25) is 0 Å². The smallest absolute Gasteiger partial charge is 0.274 e. The van der Waals surface area contributed by atoms with Crippen LogP contribution in [0.4, 0.5) is 5.69 Å². The molecule has 6 heteroatoms. The Morgan fingerprint density at radius 3 is 2.45 bits per heavy atom. The fourth-order valence-electron chi connectivity index (χ4n) is 2.11. The summed E-state index contributed by atoms with van der Waals surface area (Å²) in [7, 11) is 1.80. The van der Waals surface area contributed by atoms with Gasteiger partial charge in [0.15, 0.2) is 5.69 Å². The van der Waals surface area contributed by atoms with Crippen LogP contribution in [0.15, 0.2) is 6.20 Å². The number of nitrogens with zero attached hydrogens (tertiary/aromatic N) is 3. The van der Waals surface area contributed by atoms with Crippen molar-refractivity contribution in [2.24, 2.45) is 5.84 Å². The standard InChI is InChI=1S/C14H25N5O/c1-6-10(7-2)19(5)14(20)12-11(18-15)8-16-13(17-12)9(3)4/h8-10,18H,6-7,15H2,1-5H3. The second kappa shape index (κ2) is 7.19. The summed E-state index contributed by atoms with van der Waals surface area (Å²) in [5, 5.41) is 0. The van der Waals surface area contributed by atoms with Crippen LogP contribution >= 0.6 is 0 Å². The molecule has 0 radical (unpaired) electrons. The number of amides is 1. The maximum absolute atomic E-state index is 12.6. The number of nitrogen functional groups attached to an aromatic ring is 1. The van der Waals surface area contributed by atoms with Crippen LogP contribution in [0, 0.1) is 0 Å². The van der Waals surface area contributed by atoms with E-state index in [-0.39, 0.29) is 17.9 Å². The average Bonchev–Trinajstić information content (AvgIpc) is 2.46. The van der Waals surface area contributed by atoms with E-state index in [1.165, 1.54) is 0 Å². The molecule has 0 fully saturated rings. The van der Waals surface area contributed by atoms with Crippen molar-refractivity contribution in [1.29, 1.82) is 0 Å². The number of carbonyl (C=O) groups is 1. The van der Waals surface area contributed by atoms with E-state index in [0.717, 1.165) is 12.8 Å². The molecule has 0 aliphatic rings. The first-order valence-electron chi connectivity index (χ1n) is 7.06. The minimum Gasteiger partial charge on any atom is -0.337 e. The van der Waals surface area contributed by atoms with Crippen LogP contribution in [0.25, 0.3) is 0 Å². The zero-order chi connectivity index (χ0) is 15.3. The largest absolute Gasteiger partial charge is 0.337 e. The fraction of sp³-hybridized carbons (Fsp3) is 0.643. The number of anilines is 1. The molecule has 0 saturated heterocycles. The third-order valence-electron chi connectivity index (χ3n) is 3.49. The molecule has 0 saturated carbocycles. The first-order valence-corrected chi connectivity index (χ1v) is 7.06. The molecule has 0 aliphatic carbocycles. The molecule has 0 unspecified atom stereocenters. The maximum atomic E-state index is 12.6. The molecule has 3 N–H and O–H groups in total. The molecule has 1 rings (SSSR count). The Balaban J connectivity index is 3.15. The van der Waals surface area contributed by atoms with Gasteiger partial charge in [-0.1, -0.05) is 27.7 Å². The van der Waals surface area contributed by atoms with Crippen LogP contribution < -0.4 is 11.3 Å². The van der Waals surface area contributed by atoms with E-state index in [2.05, 4.69) is 29.2 Å². The highest BCUT2D eigenvalue weighted by Gasteiger charge is 2.23. The van der Waals surface area contributed by atoms with Crippen molar-refractivity contribution in [3.8, 4) is 0 Å². The van der Waals surface area contributed by atoms with E-state index in [0.29, 0.717) is 17.2 Å². The first-order chi connectivity index (χ1) is 9.46. The molecule has 0 spiro atoms. The number of hydrazine groups is 1. The Labute approximate surface area is 120 Å². The lowest BCUT2D eigenvalue weighted by Gasteiger charge is -2.26. The molecular formula is C14H25N5O. The Morgan fingerprint density at radius 1 is 1.40 bits per heavy atom. The predicted molar refractivity (Wildman–Crippen MR) is 80.4 cm³/mol. The van der Waals surface area contributed by atoms with E-state index in [1.807, 2.05) is 13.8 Å². The van der Waals surface area contributed by atoms with Gasteiger partial charge in [0.2, 0.25) is 0 Å². The van der Waals surface area contributed by atoms with Crippen molar-refractivity contribution < 1.29 is 4.79 Å². The van der Waals surface area contributed by atoms with Gasteiger partial charge in [0.1, 0.15) is 5.82 Å². The third-order valence-corrected chi connectivity index (χ3v) is 3.49. The summed E-state index contributed by atoms with van der Waals surface area (Å²) in [4.78, 5) is 22.9. The molecule has 1 amide bonds. The molecule has 1 heterocycles. The lowest BCUT2D eigenvalue weighted by atomic mass is 10.1. The summed E-state index contributed by atoms with van der Waals surface area (Å²) < 4.78 is 0. The summed E-state index contributed by atoms with van der Waals surface area (Å²) in [6.07, 6.45) is 3.38. The van der Waals surface area contributed by atoms with Crippen LogP contribution in [0.1, 0.15) is 62.8 Å². The van der Waals surface area contributed by atoms with Gasteiger partial charge in [0.05, 0.1) is 11.9 Å². The van der Waals surface area contributed by atoms with Crippen molar-refractivity contribution in [2.75, 3.05) is 12.5 Å². The van der Waals surface area contributed by atoms with Crippen molar-refractivity contribution in [2.45, 2.75) is 52.5 Å². The van der Waals surface area contributed by atoms with Crippen LogP contribution in [0.5, 0.6) is 0 Å². The monoisotopic (exact) mass is 279 g/mol. The van der Waals surface area contributed by atoms with Crippen molar-refractivity contribution >= 4 is 11.6 Å². The average molecular weight is 279 g/mol. The lowest BCUT2D eigenvalue weighted by Crippen LogP contribution is -2.37. The summed E-state index contributed by atoms with van der Waals surface area (Å²) >= 11 is 0. The molecular weight excluding hydrogens is 254 g/mol. The molecule has 1 aromatic rings. The fourth-order valence-corrected chi connectivity index (χ4v) is 2.11. The van der Waals surface area contributed by atoms with Gasteiger partial charge in [-0.15, -0.1) is 0 Å². The van der Waals surface area contributed by atoms with Gasteiger partial charge in [-0.05, 0) is 12.8 Å². The number of hydrogen-bond donors (Lipinski definition) is 2. The molecule has 0 bridgehead atoms. The highest BCUT2D eigenvalue weighted by atomic mass is 16.2. The number of carbonyl (C=O) groups excluding carboxylic acids is 1. The number of rotatable bonds is 6. The van der Waals surface area contributed by atoms with Gasteiger partial charge in [-0.25, -0.2) is 9.97 Å². The zero-order valence-electron chi connectivity index (χ0n) is 13.0. The second-order valence-electron chi connectivity index (χ2n) is 5.18. The molecule has 20 heavy (non-hydrogen) atoms. The summed E-state index contributed by atoms with van der Waals surface area (Å²) in [5.74, 6) is 6.13. The number of hydrogen-bond acceptors (Lipinski definition) is 5. The van der Waals surface area contributed by atoms with E-state index >= 15 is 0 Å². The highest BCUT2D eigenvalue weighted by Crippen LogP contribution is 2.19. The number of aromatic nitrogens is 2. The minimum atomic E-state index is -0.129. The Morgan fingerprint density at radius 2 is 2.00 bits per heavy atom. The quantitative estimate of drug-likeness (QED) is 0.615. The van der Waals surface area contributed by atoms with Crippen molar-refractivity contribution in [1.82, 2.24) is 14.9 Å². The Bertz CT molecular complexity index is 457. The molecule has 1 aromatic heterocycles. The highest BCUT2D eigenvalue weighted by molar-refractivity contribution is 5.97. The third kappa shape index (κ3) is 3.45. The second-order valence-corrected chi connectivity index (χ2v) is 5.18. The SMILES string of the molecule is CCC(CC)N(C)C(=O)c1nc(C(C)C)ncc1NN. The molecule has 0 aromatic carbocycles. The summed E-state index contributed by atoms with van der Waals surface area (Å²) in [6.45, 7) is 8.12. The van der Waals surface area contributed by atoms with Gasteiger partial charge in [0, 0.05) is 19.0 Å². The van der Waals surface area contributed by atoms with Crippen LogP contribution in [-0.4, -0.2) is 33.9 Å². The van der Waals surface area contributed by atoms with Gasteiger partial charge in [0.25, 0.3) is 5.91 Å². The van der Waals surface area contributed by atoms with Crippen LogP contribution in [0.3, 0.4) is 0 Å². The number of nitrogens with one attached hydrogen (secondary N) is 1. The van der Waals surface area contributed by atoms with E-state index in [4.69, 9.17) is 5.84 Å². The van der Waals surface area contributed by atoms with E-state index in [1.54, 1.807) is 18.1 Å². The zero-order valence-corrected chi connectivity index (χ0v) is 13.0. The van der Waals surface area contributed by atoms with Crippen molar-refractivity contribution in [3.05, 3.63) is 17.7 Å². The van der Waals surface area contributed by atoms with Gasteiger partial charge < -0.3 is 10.3 Å². The topological polar surface area (TPSA) is 84.1 Å². The first kappa shape index (κ1) is 16.4. The molecule has 0 aliphatic heterocycles. The van der Waals surface area contributed by atoms with E-state index in [9.17, 15) is 4.79 Å². The molecule has 0 atom stereocenters. The predicted octanol–water partition coefficient (Wildman–Crippen LogP) is 2.15. The normalized spacial score (nSPS) is 11.0. The van der Waals surface area contributed by atoms with Gasteiger partial charge >= 0.3 is 0 Å². The maximum Gasteiger partial charge on any atom is 0.274 e.